The molecule has 0 aliphatic carbocycles. The molecule has 2 N–H and O–H groups in total. The molecular weight excluding hydrogens is 405 g/mol. The maximum Gasteiger partial charge on any atom is 0.425 e. The SMILES string of the molecule is CC(Oc1ccc(-c2nc(-c3ccc4nc[nH]c4c3)no2)cc1C(=O)O)C(F)(F)F. The summed E-state index contributed by atoms with van der Waals surface area (Å²) in [6, 6.07) is 8.89. The number of nitrogens with one attached hydrogen (secondary N) is 1. The second-order valence-corrected chi connectivity index (χ2v) is 6.38. The van der Waals surface area contributed by atoms with Gasteiger partial charge in [0.05, 0.1) is 17.4 Å². The fraction of sp³-hybridized carbons (Fsp3) is 0.158. The zero-order valence-corrected chi connectivity index (χ0v) is 15.3. The van der Waals surface area contributed by atoms with Gasteiger partial charge in [-0.05, 0) is 43.3 Å². The van der Waals surface area contributed by atoms with Crippen LogP contribution in [0.3, 0.4) is 0 Å². The summed E-state index contributed by atoms with van der Waals surface area (Å²) in [5.74, 6) is -1.61. The standard InChI is InChI=1S/C19H13F3N4O4/c1-9(19(20,21)22)29-15-5-3-11(6-12(15)18(27)28)17-25-16(26-30-17)10-2-4-13-14(7-10)24-8-23-13/h2-9H,1H3,(H,23,24)(H,27,28). The van der Waals surface area contributed by atoms with E-state index in [0.717, 1.165) is 30.1 Å². The van der Waals surface area contributed by atoms with Gasteiger partial charge in [0.25, 0.3) is 5.89 Å². The Morgan fingerprint density at radius 2 is 1.97 bits per heavy atom. The number of aromatic nitrogens is 4. The molecule has 0 saturated heterocycles. The number of fused-ring (bicyclic) bond motifs is 1. The molecule has 11 heteroatoms. The third-order valence-corrected chi connectivity index (χ3v) is 4.33. The highest BCUT2D eigenvalue weighted by molar-refractivity contribution is 5.92. The number of H-pyrrole nitrogens is 1. The van der Waals surface area contributed by atoms with Crippen LogP contribution in [0.1, 0.15) is 17.3 Å². The van der Waals surface area contributed by atoms with Crippen molar-refractivity contribution in [3.63, 3.8) is 0 Å². The van der Waals surface area contributed by atoms with Crippen LogP contribution in [0.5, 0.6) is 5.75 Å². The predicted octanol–water partition coefficient (Wildman–Crippen LogP) is 4.31. The number of hydrogen-bond donors (Lipinski definition) is 2. The van der Waals surface area contributed by atoms with Crippen LogP contribution in [0.4, 0.5) is 13.2 Å². The molecule has 2 aromatic carbocycles. The zero-order chi connectivity index (χ0) is 21.5. The van der Waals surface area contributed by atoms with E-state index < -0.39 is 29.6 Å². The molecule has 154 valence electrons. The van der Waals surface area contributed by atoms with E-state index in [2.05, 4.69) is 20.1 Å². The highest BCUT2D eigenvalue weighted by Gasteiger charge is 2.38. The lowest BCUT2D eigenvalue weighted by Crippen LogP contribution is -2.31. The molecule has 4 rings (SSSR count). The Morgan fingerprint density at radius 3 is 2.70 bits per heavy atom. The number of nitrogens with zero attached hydrogens (tertiary/aromatic N) is 3. The molecule has 0 fully saturated rings. The number of carboxylic acid groups (broad SMARTS) is 1. The highest BCUT2D eigenvalue weighted by Crippen LogP contribution is 2.31. The van der Waals surface area contributed by atoms with Gasteiger partial charge in [-0.2, -0.15) is 18.2 Å². The molecule has 1 unspecified atom stereocenters. The van der Waals surface area contributed by atoms with E-state index >= 15 is 0 Å². The number of halogens is 3. The molecule has 4 aromatic rings. The second kappa shape index (κ2) is 7.17. The van der Waals surface area contributed by atoms with E-state index in [9.17, 15) is 23.1 Å². The van der Waals surface area contributed by atoms with Crippen molar-refractivity contribution in [2.24, 2.45) is 0 Å². The zero-order valence-electron chi connectivity index (χ0n) is 15.3. The summed E-state index contributed by atoms with van der Waals surface area (Å²) >= 11 is 0. The molecule has 0 saturated carbocycles. The van der Waals surface area contributed by atoms with Crippen LogP contribution in [-0.2, 0) is 0 Å². The molecule has 2 aromatic heterocycles. The van der Waals surface area contributed by atoms with Gasteiger partial charge in [0.15, 0.2) is 6.10 Å². The largest absolute Gasteiger partial charge is 0.480 e. The molecule has 2 heterocycles. The molecule has 0 aliphatic heterocycles. The van der Waals surface area contributed by atoms with E-state index in [1.807, 2.05) is 0 Å². The molecule has 8 nitrogen and oxygen atoms in total. The number of carboxylic acids is 1. The molecule has 30 heavy (non-hydrogen) atoms. The summed E-state index contributed by atoms with van der Waals surface area (Å²) < 4.78 is 48.2. The van der Waals surface area contributed by atoms with Crippen LogP contribution in [0.2, 0.25) is 0 Å². The minimum absolute atomic E-state index is 0.00706. The summed E-state index contributed by atoms with van der Waals surface area (Å²) in [4.78, 5) is 22.9. The van der Waals surface area contributed by atoms with Gasteiger partial charge in [0, 0.05) is 11.1 Å². The van der Waals surface area contributed by atoms with Crippen LogP contribution >= 0.6 is 0 Å². The third-order valence-electron chi connectivity index (χ3n) is 4.33. The third kappa shape index (κ3) is 3.69. The normalized spacial score (nSPS) is 12.8. The minimum atomic E-state index is -4.63. The lowest BCUT2D eigenvalue weighted by molar-refractivity contribution is -0.189. The summed E-state index contributed by atoms with van der Waals surface area (Å²) in [5, 5.41) is 13.3. The van der Waals surface area contributed by atoms with Crippen LogP contribution in [-0.4, -0.2) is 43.5 Å². The van der Waals surface area contributed by atoms with E-state index in [0.29, 0.717) is 5.56 Å². The number of aromatic carboxylic acids is 1. The number of benzene rings is 2. The van der Waals surface area contributed by atoms with Gasteiger partial charge in [-0.3, -0.25) is 0 Å². The molecule has 0 aliphatic rings. The van der Waals surface area contributed by atoms with Crippen LogP contribution in [0.25, 0.3) is 33.9 Å². The number of aromatic amines is 1. The quantitative estimate of drug-likeness (QED) is 0.496. The van der Waals surface area contributed by atoms with Gasteiger partial charge in [-0.15, -0.1) is 0 Å². The van der Waals surface area contributed by atoms with Crippen LogP contribution in [0, 0.1) is 0 Å². The first-order chi connectivity index (χ1) is 14.2. The van der Waals surface area contributed by atoms with E-state index in [-0.39, 0.29) is 17.3 Å². The first-order valence-electron chi connectivity index (χ1n) is 8.60. The van der Waals surface area contributed by atoms with Gasteiger partial charge in [0.2, 0.25) is 5.82 Å². The van der Waals surface area contributed by atoms with Crippen LogP contribution in [0.15, 0.2) is 47.2 Å². The van der Waals surface area contributed by atoms with Crippen molar-refractivity contribution in [2.45, 2.75) is 19.2 Å². The van der Waals surface area contributed by atoms with Gasteiger partial charge in [-0.1, -0.05) is 5.16 Å². The van der Waals surface area contributed by atoms with E-state index in [1.165, 1.54) is 6.07 Å². The molecular formula is C19H13F3N4O4. The van der Waals surface area contributed by atoms with Gasteiger partial charge >= 0.3 is 12.1 Å². The Balaban J connectivity index is 1.66. The number of hydrogen-bond acceptors (Lipinski definition) is 6. The van der Waals surface area contributed by atoms with Crippen molar-refractivity contribution in [3.8, 4) is 28.6 Å². The first-order valence-corrected chi connectivity index (χ1v) is 8.60. The predicted molar refractivity (Wildman–Crippen MR) is 97.9 cm³/mol. The average Bonchev–Trinajstić information content (AvgIpc) is 3.36. The van der Waals surface area contributed by atoms with E-state index in [4.69, 9.17) is 9.26 Å². The summed E-state index contributed by atoms with van der Waals surface area (Å²) in [7, 11) is 0. The fourth-order valence-corrected chi connectivity index (χ4v) is 2.72. The first kappa shape index (κ1) is 19.4. The maximum absolute atomic E-state index is 12.7. The molecule has 0 amide bonds. The Labute approximate surface area is 166 Å². The van der Waals surface area contributed by atoms with Gasteiger partial charge < -0.3 is 19.4 Å². The highest BCUT2D eigenvalue weighted by atomic mass is 19.4. The van der Waals surface area contributed by atoms with E-state index in [1.54, 1.807) is 24.5 Å². The van der Waals surface area contributed by atoms with Crippen molar-refractivity contribution >= 4 is 17.0 Å². The molecule has 0 spiro atoms. The Kier molecular flexibility index (Phi) is 4.65. The smallest absolute Gasteiger partial charge is 0.425 e. The van der Waals surface area contributed by atoms with Crippen molar-refractivity contribution in [1.29, 1.82) is 0 Å². The summed E-state index contributed by atoms with van der Waals surface area (Å²) in [6.45, 7) is 0.792. The van der Waals surface area contributed by atoms with Crippen LogP contribution < -0.4 is 4.74 Å². The number of rotatable bonds is 5. The lowest BCUT2D eigenvalue weighted by atomic mass is 10.1. The second-order valence-electron chi connectivity index (χ2n) is 6.38. The molecule has 0 radical (unpaired) electrons. The Morgan fingerprint density at radius 1 is 1.20 bits per heavy atom. The number of imidazole rings is 1. The lowest BCUT2D eigenvalue weighted by Gasteiger charge is -2.19. The van der Waals surface area contributed by atoms with Gasteiger partial charge in [-0.25, -0.2) is 9.78 Å². The van der Waals surface area contributed by atoms with Crippen molar-refractivity contribution in [3.05, 3.63) is 48.3 Å². The Hall–Kier alpha value is -3.89. The summed E-state index contributed by atoms with van der Waals surface area (Å²) in [5.41, 5.74) is 1.94. The molecule has 1 atom stereocenters. The fourth-order valence-electron chi connectivity index (χ4n) is 2.72. The molecule has 0 bridgehead atoms. The van der Waals surface area contributed by atoms with Crippen molar-refractivity contribution in [2.75, 3.05) is 0 Å². The van der Waals surface area contributed by atoms with Gasteiger partial charge in [0.1, 0.15) is 11.3 Å². The monoisotopic (exact) mass is 418 g/mol. The average molecular weight is 418 g/mol. The number of alkyl halides is 3. The minimum Gasteiger partial charge on any atom is -0.480 e. The van der Waals surface area contributed by atoms with Crippen molar-refractivity contribution in [1.82, 2.24) is 20.1 Å². The number of ether oxygens (including phenoxy) is 1. The maximum atomic E-state index is 12.7. The summed E-state index contributed by atoms with van der Waals surface area (Å²) in [6.07, 6.45) is -5.26. The Bertz CT molecular complexity index is 1230. The topological polar surface area (TPSA) is 114 Å². The number of carbonyl (C=O) groups is 1. The van der Waals surface area contributed by atoms with Crippen molar-refractivity contribution < 1.29 is 32.3 Å².